The Labute approximate surface area is 147 Å². The van der Waals surface area contributed by atoms with E-state index >= 15 is 0 Å². The third kappa shape index (κ3) is 4.65. The summed E-state index contributed by atoms with van der Waals surface area (Å²) in [5.74, 6) is 5.37. The monoisotopic (exact) mass is 348 g/mol. The number of benzene rings is 1. The molecule has 6 heteroatoms. The van der Waals surface area contributed by atoms with Crippen LogP contribution in [-0.4, -0.2) is 43.5 Å². The molecule has 24 heavy (non-hydrogen) atoms. The molecule has 128 valence electrons. The van der Waals surface area contributed by atoms with Crippen molar-refractivity contribution in [3.05, 3.63) is 28.8 Å². The molecule has 1 heterocycles. The topological polar surface area (TPSA) is 58.6 Å². The van der Waals surface area contributed by atoms with Crippen LogP contribution >= 0.6 is 11.6 Å². The van der Waals surface area contributed by atoms with Gasteiger partial charge < -0.3 is 15.0 Å². The number of carbonyl (C=O) groups is 2. The molecule has 2 rings (SSSR count). The van der Waals surface area contributed by atoms with Gasteiger partial charge in [-0.15, -0.1) is 0 Å². The van der Waals surface area contributed by atoms with Crippen molar-refractivity contribution in [1.29, 1.82) is 0 Å². The Kier molecular flexibility index (Phi) is 6.51. The Bertz CT molecular complexity index is 679. The molecule has 1 atom stereocenters. The molecule has 1 aromatic rings. The Hall–Kier alpha value is -2.19. The molecule has 0 aliphatic carbocycles. The van der Waals surface area contributed by atoms with Crippen LogP contribution in [-0.2, 0) is 4.79 Å². The summed E-state index contributed by atoms with van der Waals surface area (Å²) in [5.41, 5.74) is 0.503. The van der Waals surface area contributed by atoms with Crippen LogP contribution in [0.15, 0.2) is 18.2 Å². The molecule has 1 N–H and O–H groups in total. The van der Waals surface area contributed by atoms with Crippen LogP contribution in [0.3, 0.4) is 0 Å². The van der Waals surface area contributed by atoms with Crippen LogP contribution in [0.5, 0.6) is 5.75 Å². The first-order chi connectivity index (χ1) is 11.5. The second-order valence-electron chi connectivity index (χ2n) is 5.69. The Morgan fingerprint density at radius 2 is 2.25 bits per heavy atom. The lowest BCUT2D eigenvalue weighted by molar-refractivity contribution is -0.115. The molecule has 1 aliphatic heterocycles. The minimum Gasteiger partial charge on any atom is -0.496 e. The van der Waals surface area contributed by atoms with Gasteiger partial charge in [0.15, 0.2) is 0 Å². The molecule has 2 amide bonds. The van der Waals surface area contributed by atoms with E-state index in [9.17, 15) is 9.59 Å². The normalized spacial score (nSPS) is 16.8. The van der Waals surface area contributed by atoms with E-state index in [1.54, 1.807) is 30.0 Å². The molecule has 1 unspecified atom stereocenters. The number of ether oxygens (including phenoxy) is 1. The number of hydrogen-bond acceptors (Lipinski definition) is 3. The van der Waals surface area contributed by atoms with Gasteiger partial charge in [-0.3, -0.25) is 9.59 Å². The van der Waals surface area contributed by atoms with Crippen LogP contribution in [0.1, 0.15) is 30.1 Å². The number of piperidine rings is 1. The summed E-state index contributed by atoms with van der Waals surface area (Å²) < 4.78 is 5.27. The Morgan fingerprint density at radius 3 is 2.96 bits per heavy atom. The van der Waals surface area contributed by atoms with Crippen molar-refractivity contribution in [2.45, 2.75) is 19.8 Å². The predicted octanol–water partition coefficient (Wildman–Crippen LogP) is 2.34. The van der Waals surface area contributed by atoms with Crippen molar-refractivity contribution in [2.75, 3.05) is 26.7 Å². The zero-order valence-corrected chi connectivity index (χ0v) is 14.7. The predicted molar refractivity (Wildman–Crippen MR) is 93.1 cm³/mol. The molecule has 0 radical (unpaired) electrons. The van der Waals surface area contributed by atoms with Crippen LogP contribution in [0.2, 0.25) is 5.02 Å². The minimum absolute atomic E-state index is 0.0760. The van der Waals surface area contributed by atoms with Crippen molar-refractivity contribution in [3.8, 4) is 17.6 Å². The molecule has 0 spiro atoms. The molecule has 0 aromatic heterocycles. The van der Waals surface area contributed by atoms with E-state index in [-0.39, 0.29) is 17.7 Å². The highest BCUT2D eigenvalue weighted by Crippen LogP contribution is 2.26. The molecule has 0 saturated carbocycles. The SMILES string of the molecule is CC#CC(=O)NCC1CCCN(C(=O)c2ccc(Cl)cc2OC)C1. The van der Waals surface area contributed by atoms with Crippen molar-refractivity contribution in [1.82, 2.24) is 10.2 Å². The number of rotatable bonds is 4. The van der Waals surface area contributed by atoms with Gasteiger partial charge >= 0.3 is 0 Å². The summed E-state index contributed by atoms with van der Waals surface area (Å²) >= 11 is 5.95. The summed E-state index contributed by atoms with van der Waals surface area (Å²) in [7, 11) is 1.52. The zero-order valence-electron chi connectivity index (χ0n) is 13.9. The smallest absolute Gasteiger partial charge is 0.295 e. The molecule has 1 aliphatic rings. The summed E-state index contributed by atoms with van der Waals surface area (Å²) in [6.07, 6.45) is 1.88. The number of carbonyl (C=O) groups excluding carboxylic acids is 2. The van der Waals surface area contributed by atoms with E-state index in [1.807, 2.05) is 0 Å². The van der Waals surface area contributed by atoms with Crippen molar-refractivity contribution < 1.29 is 14.3 Å². The highest BCUT2D eigenvalue weighted by molar-refractivity contribution is 6.30. The Balaban J connectivity index is 2.02. The van der Waals surface area contributed by atoms with Crippen LogP contribution < -0.4 is 10.1 Å². The van der Waals surface area contributed by atoms with Gasteiger partial charge in [0.05, 0.1) is 12.7 Å². The van der Waals surface area contributed by atoms with Crippen molar-refractivity contribution >= 4 is 23.4 Å². The van der Waals surface area contributed by atoms with E-state index in [1.165, 1.54) is 7.11 Å². The third-order valence-corrected chi connectivity index (χ3v) is 4.23. The minimum atomic E-state index is -0.277. The molecule has 1 saturated heterocycles. The number of hydrogen-bond donors (Lipinski definition) is 1. The molecule has 1 fully saturated rings. The highest BCUT2D eigenvalue weighted by Gasteiger charge is 2.26. The maximum atomic E-state index is 12.8. The molecular formula is C18H21ClN2O3. The number of likely N-dealkylation sites (tertiary alicyclic amines) is 1. The van der Waals surface area contributed by atoms with Crippen molar-refractivity contribution in [2.24, 2.45) is 5.92 Å². The lowest BCUT2D eigenvalue weighted by atomic mass is 9.97. The molecule has 5 nitrogen and oxygen atoms in total. The fourth-order valence-electron chi connectivity index (χ4n) is 2.82. The van der Waals surface area contributed by atoms with Crippen LogP contribution in [0.25, 0.3) is 0 Å². The van der Waals surface area contributed by atoms with Gasteiger partial charge in [-0.2, -0.15) is 0 Å². The maximum absolute atomic E-state index is 12.8. The van der Waals surface area contributed by atoms with E-state index in [0.29, 0.717) is 36.0 Å². The zero-order chi connectivity index (χ0) is 17.5. The van der Waals surface area contributed by atoms with E-state index in [0.717, 1.165) is 12.8 Å². The first-order valence-electron chi connectivity index (χ1n) is 7.88. The second-order valence-corrected chi connectivity index (χ2v) is 6.13. The summed E-state index contributed by atoms with van der Waals surface area (Å²) in [4.78, 5) is 26.0. The van der Waals surface area contributed by atoms with Crippen LogP contribution in [0, 0.1) is 17.8 Å². The first-order valence-corrected chi connectivity index (χ1v) is 8.26. The van der Waals surface area contributed by atoms with E-state index < -0.39 is 0 Å². The fraction of sp³-hybridized carbons (Fsp3) is 0.444. The van der Waals surface area contributed by atoms with Crippen LogP contribution in [0.4, 0.5) is 0 Å². The average molecular weight is 349 g/mol. The quantitative estimate of drug-likeness (QED) is 0.850. The highest BCUT2D eigenvalue weighted by atomic mass is 35.5. The summed E-state index contributed by atoms with van der Waals surface area (Å²) in [5, 5.41) is 3.32. The largest absolute Gasteiger partial charge is 0.496 e. The first kappa shape index (κ1) is 18.2. The van der Waals surface area contributed by atoms with Crippen molar-refractivity contribution in [3.63, 3.8) is 0 Å². The summed E-state index contributed by atoms with van der Waals surface area (Å²) in [6.45, 7) is 3.45. The standard InChI is InChI=1S/C18H21ClN2O3/c1-3-5-17(22)20-11-13-6-4-9-21(12-13)18(23)15-8-7-14(19)10-16(15)24-2/h7-8,10,13H,4,6,9,11-12H2,1-2H3,(H,20,22). The lowest BCUT2D eigenvalue weighted by Gasteiger charge is -2.33. The summed E-state index contributed by atoms with van der Waals surface area (Å²) in [6, 6.07) is 5.01. The van der Waals surface area contributed by atoms with Gasteiger partial charge in [0.1, 0.15) is 5.75 Å². The number of halogens is 1. The van der Waals surface area contributed by atoms with Gasteiger partial charge in [-0.05, 0) is 49.8 Å². The van der Waals surface area contributed by atoms with E-state index in [4.69, 9.17) is 16.3 Å². The van der Waals surface area contributed by atoms with Gasteiger partial charge in [0, 0.05) is 24.7 Å². The third-order valence-electron chi connectivity index (χ3n) is 3.99. The maximum Gasteiger partial charge on any atom is 0.295 e. The number of methoxy groups -OCH3 is 1. The number of amides is 2. The number of nitrogens with zero attached hydrogens (tertiary/aromatic N) is 1. The van der Waals surface area contributed by atoms with Gasteiger partial charge in [0.2, 0.25) is 0 Å². The average Bonchev–Trinajstić information content (AvgIpc) is 2.59. The lowest BCUT2D eigenvalue weighted by Crippen LogP contribution is -2.43. The van der Waals surface area contributed by atoms with Gasteiger partial charge in [0.25, 0.3) is 11.8 Å². The number of nitrogens with one attached hydrogen (secondary N) is 1. The van der Waals surface area contributed by atoms with E-state index in [2.05, 4.69) is 17.2 Å². The van der Waals surface area contributed by atoms with Gasteiger partial charge in [-0.25, -0.2) is 0 Å². The molecule has 0 bridgehead atoms. The molecular weight excluding hydrogens is 328 g/mol. The fourth-order valence-corrected chi connectivity index (χ4v) is 2.99. The Morgan fingerprint density at radius 1 is 1.46 bits per heavy atom. The van der Waals surface area contributed by atoms with Gasteiger partial charge in [-0.1, -0.05) is 17.5 Å². The molecule has 1 aromatic carbocycles. The second kappa shape index (κ2) is 8.60.